The molecule has 3 aromatic carbocycles. The van der Waals surface area contributed by atoms with Gasteiger partial charge in [-0.3, -0.25) is 9.59 Å². The van der Waals surface area contributed by atoms with Crippen LogP contribution in [0.4, 0.5) is 11.4 Å². The van der Waals surface area contributed by atoms with Crippen molar-refractivity contribution in [3.63, 3.8) is 0 Å². The molecule has 6 heteroatoms. The molecule has 3 aromatic rings. The van der Waals surface area contributed by atoms with E-state index in [1.54, 1.807) is 30.3 Å². The van der Waals surface area contributed by atoms with Crippen LogP contribution >= 0.6 is 11.6 Å². The number of hydrogen-bond acceptors (Lipinski definition) is 3. The number of nitrogens with one attached hydrogen (secondary N) is 2. The van der Waals surface area contributed by atoms with Crippen LogP contribution in [0.25, 0.3) is 0 Å². The predicted octanol–water partition coefficient (Wildman–Crippen LogP) is 5.05. The van der Waals surface area contributed by atoms with Crippen molar-refractivity contribution in [1.29, 1.82) is 0 Å². The van der Waals surface area contributed by atoms with E-state index in [0.29, 0.717) is 21.8 Å². The highest BCUT2D eigenvalue weighted by atomic mass is 35.5. The Morgan fingerprint density at radius 2 is 1.72 bits per heavy atom. The summed E-state index contributed by atoms with van der Waals surface area (Å²) in [5, 5.41) is 6.49. The Balaban J connectivity index is 1.43. The third kappa shape index (κ3) is 4.48. The molecule has 5 rings (SSSR count). The van der Waals surface area contributed by atoms with Crippen molar-refractivity contribution in [3.8, 4) is 0 Å². The van der Waals surface area contributed by atoms with Gasteiger partial charge in [0.15, 0.2) is 0 Å². The number of rotatable bonds is 5. The fourth-order valence-electron chi connectivity index (χ4n) is 4.10. The molecule has 162 valence electrons. The average molecular weight is 446 g/mol. The molecule has 1 heterocycles. The molecule has 1 saturated carbocycles. The molecule has 0 bridgehead atoms. The first-order chi connectivity index (χ1) is 15.6. The first kappa shape index (κ1) is 20.6. The molecular weight excluding hydrogens is 422 g/mol. The molecule has 32 heavy (non-hydrogen) atoms. The Bertz CT molecular complexity index is 1190. The van der Waals surface area contributed by atoms with Crippen LogP contribution in [-0.4, -0.2) is 24.4 Å². The zero-order chi connectivity index (χ0) is 22.1. The second kappa shape index (κ2) is 8.67. The van der Waals surface area contributed by atoms with Gasteiger partial charge in [0.1, 0.15) is 0 Å². The number of carbonyl (C=O) groups is 2. The molecule has 1 aliphatic heterocycles. The maximum atomic E-state index is 13.1. The molecule has 0 saturated heterocycles. The topological polar surface area (TPSA) is 61.4 Å². The molecule has 0 unspecified atom stereocenters. The van der Waals surface area contributed by atoms with E-state index in [9.17, 15) is 9.59 Å². The maximum Gasteiger partial charge on any atom is 0.255 e. The molecule has 0 spiro atoms. The number of amides is 2. The number of benzene rings is 3. The van der Waals surface area contributed by atoms with Gasteiger partial charge < -0.3 is 15.5 Å². The van der Waals surface area contributed by atoms with Gasteiger partial charge in [-0.25, -0.2) is 0 Å². The summed E-state index contributed by atoms with van der Waals surface area (Å²) in [7, 11) is 0. The van der Waals surface area contributed by atoms with E-state index >= 15 is 0 Å². The summed E-state index contributed by atoms with van der Waals surface area (Å²) in [5.41, 5.74) is 5.16. The first-order valence-electron chi connectivity index (χ1n) is 10.9. The molecule has 5 nitrogen and oxygen atoms in total. The molecule has 0 radical (unpaired) electrons. The number of nitrogens with zero attached hydrogens (tertiary/aromatic N) is 1. The molecule has 1 aliphatic carbocycles. The fraction of sp³-hybridized carbons (Fsp3) is 0.231. The lowest BCUT2D eigenvalue weighted by molar-refractivity contribution is 0.0950. The van der Waals surface area contributed by atoms with E-state index in [2.05, 4.69) is 39.8 Å². The number of fused-ring (bicyclic) bond motifs is 1. The average Bonchev–Trinajstić information content (AvgIpc) is 3.62. The zero-order valence-corrected chi connectivity index (χ0v) is 18.4. The van der Waals surface area contributed by atoms with Crippen LogP contribution in [0.1, 0.15) is 44.7 Å². The van der Waals surface area contributed by atoms with E-state index in [-0.39, 0.29) is 17.9 Å². The van der Waals surface area contributed by atoms with Gasteiger partial charge in [0, 0.05) is 41.1 Å². The summed E-state index contributed by atoms with van der Waals surface area (Å²) in [6.45, 7) is 1.60. The van der Waals surface area contributed by atoms with Gasteiger partial charge in [-0.1, -0.05) is 41.9 Å². The summed E-state index contributed by atoms with van der Waals surface area (Å²) in [4.78, 5) is 28.0. The highest BCUT2D eigenvalue weighted by Gasteiger charge is 2.27. The lowest BCUT2D eigenvalue weighted by atomic mass is 9.98. The third-order valence-corrected chi connectivity index (χ3v) is 6.20. The fourth-order valence-corrected chi connectivity index (χ4v) is 4.29. The van der Waals surface area contributed by atoms with Crippen molar-refractivity contribution in [3.05, 3.63) is 94.0 Å². The van der Waals surface area contributed by atoms with Gasteiger partial charge in [-0.05, 0) is 66.8 Å². The van der Waals surface area contributed by atoms with E-state index in [4.69, 9.17) is 11.6 Å². The lowest BCUT2D eigenvalue weighted by Gasteiger charge is -2.32. The number of halogens is 1. The molecule has 2 N–H and O–H groups in total. The monoisotopic (exact) mass is 445 g/mol. The Morgan fingerprint density at radius 1 is 0.906 bits per heavy atom. The van der Waals surface area contributed by atoms with Crippen LogP contribution in [0.2, 0.25) is 5.02 Å². The zero-order valence-electron chi connectivity index (χ0n) is 17.6. The predicted molar refractivity (Wildman–Crippen MR) is 128 cm³/mol. The minimum absolute atomic E-state index is 0.0970. The lowest BCUT2D eigenvalue weighted by Crippen LogP contribution is -2.33. The van der Waals surface area contributed by atoms with Gasteiger partial charge in [0.25, 0.3) is 11.8 Å². The number of hydrogen-bond donors (Lipinski definition) is 2. The van der Waals surface area contributed by atoms with E-state index in [1.807, 2.05) is 12.1 Å². The Morgan fingerprint density at radius 3 is 2.50 bits per heavy atom. The minimum Gasteiger partial charge on any atom is -0.366 e. The van der Waals surface area contributed by atoms with Crippen molar-refractivity contribution in [2.75, 3.05) is 16.8 Å². The molecule has 0 atom stereocenters. The quantitative estimate of drug-likeness (QED) is 0.577. The van der Waals surface area contributed by atoms with Crippen molar-refractivity contribution in [2.24, 2.45) is 0 Å². The Hall–Kier alpha value is -3.31. The molecule has 2 aliphatic rings. The largest absolute Gasteiger partial charge is 0.366 e. The standard InChI is InChI=1S/C26H24ClN3O2/c27-20-7-3-6-18(14-20)25(31)29-22-10-11-24(23(15-22)26(32)28-21-8-9-21)30-13-12-17-4-1-2-5-19(17)16-30/h1-7,10-11,14-15,21H,8-9,12-13,16H2,(H,28,32)(H,29,31). The van der Waals surface area contributed by atoms with E-state index in [1.165, 1.54) is 11.1 Å². The van der Waals surface area contributed by atoms with Crippen LogP contribution in [-0.2, 0) is 13.0 Å². The van der Waals surface area contributed by atoms with Crippen molar-refractivity contribution in [1.82, 2.24) is 5.32 Å². The SMILES string of the molecule is O=C(Nc1ccc(N2CCc3ccccc3C2)c(C(=O)NC2CC2)c1)c1cccc(Cl)c1. The van der Waals surface area contributed by atoms with Gasteiger partial charge in [0.2, 0.25) is 0 Å². The van der Waals surface area contributed by atoms with Crippen LogP contribution in [0.15, 0.2) is 66.7 Å². The minimum atomic E-state index is -0.263. The van der Waals surface area contributed by atoms with Crippen LogP contribution in [0, 0.1) is 0 Å². The Labute approximate surface area is 192 Å². The molecular formula is C26H24ClN3O2. The smallest absolute Gasteiger partial charge is 0.255 e. The Kier molecular flexibility index (Phi) is 5.58. The van der Waals surface area contributed by atoms with Crippen LogP contribution in [0.5, 0.6) is 0 Å². The van der Waals surface area contributed by atoms with Crippen LogP contribution < -0.4 is 15.5 Å². The normalized spacial score (nSPS) is 15.1. The third-order valence-electron chi connectivity index (χ3n) is 5.97. The summed E-state index contributed by atoms with van der Waals surface area (Å²) >= 11 is 6.02. The van der Waals surface area contributed by atoms with Gasteiger partial charge >= 0.3 is 0 Å². The van der Waals surface area contributed by atoms with Crippen LogP contribution in [0.3, 0.4) is 0 Å². The first-order valence-corrected chi connectivity index (χ1v) is 11.3. The van der Waals surface area contributed by atoms with E-state index in [0.717, 1.165) is 38.0 Å². The summed E-state index contributed by atoms with van der Waals surface area (Å²) in [6, 6.07) is 21.0. The van der Waals surface area contributed by atoms with Gasteiger partial charge in [0.05, 0.1) is 5.56 Å². The highest BCUT2D eigenvalue weighted by molar-refractivity contribution is 6.31. The van der Waals surface area contributed by atoms with Gasteiger partial charge in [-0.15, -0.1) is 0 Å². The summed E-state index contributed by atoms with van der Waals surface area (Å²) in [5.74, 6) is -0.360. The second-order valence-electron chi connectivity index (χ2n) is 8.38. The summed E-state index contributed by atoms with van der Waals surface area (Å²) in [6.07, 6.45) is 2.97. The van der Waals surface area contributed by atoms with Gasteiger partial charge in [-0.2, -0.15) is 0 Å². The second-order valence-corrected chi connectivity index (χ2v) is 8.82. The summed E-state index contributed by atoms with van der Waals surface area (Å²) < 4.78 is 0. The van der Waals surface area contributed by atoms with Crippen molar-refractivity contribution < 1.29 is 9.59 Å². The number of anilines is 2. The molecule has 1 fully saturated rings. The maximum absolute atomic E-state index is 13.1. The highest BCUT2D eigenvalue weighted by Crippen LogP contribution is 2.31. The van der Waals surface area contributed by atoms with Crippen molar-refractivity contribution >= 4 is 34.8 Å². The molecule has 2 amide bonds. The number of carbonyl (C=O) groups excluding carboxylic acids is 2. The van der Waals surface area contributed by atoms with Crippen molar-refractivity contribution in [2.45, 2.75) is 31.8 Å². The van der Waals surface area contributed by atoms with E-state index < -0.39 is 0 Å². The molecule has 0 aromatic heterocycles.